The first-order valence-electron chi connectivity index (χ1n) is 5.49. The Hall–Kier alpha value is -2.07. The van der Waals surface area contributed by atoms with E-state index in [-0.39, 0.29) is 11.9 Å². The molecule has 0 aliphatic heterocycles. The van der Waals surface area contributed by atoms with Gasteiger partial charge in [-0.1, -0.05) is 30.3 Å². The van der Waals surface area contributed by atoms with Gasteiger partial charge in [-0.2, -0.15) is 0 Å². The summed E-state index contributed by atoms with van der Waals surface area (Å²) >= 11 is 0. The number of amides is 1. The minimum Gasteiger partial charge on any atom is -0.357 e. The van der Waals surface area contributed by atoms with Gasteiger partial charge in [-0.05, 0) is 17.7 Å². The van der Waals surface area contributed by atoms with Crippen molar-refractivity contribution in [3.63, 3.8) is 0 Å². The number of aromatic amines is 1. The highest BCUT2D eigenvalue weighted by molar-refractivity contribution is 5.92. The SMILES string of the molecule is NC(CNC(=O)c1ccc[nH]1)c1ccccc1. The number of nitrogens with one attached hydrogen (secondary N) is 2. The Morgan fingerprint density at radius 1 is 1.24 bits per heavy atom. The van der Waals surface area contributed by atoms with Gasteiger partial charge in [0.25, 0.3) is 5.91 Å². The van der Waals surface area contributed by atoms with Crippen LogP contribution in [0.15, 0.2) is 48.7 Å². The Bertz CT molecular complexity index is 465. The van der Waals surface area contributed by atoms with Crippen LogP contribution in [0, 0.1) is 0 Å². The first-order chi connectivity index (χ1) is 8.27. The van der Waals surface area contributed by atoms with E-state index < -0.39 is 0 Å². The molecule has 4 N–H and O–H groups in total. The normalized spacial score (nSPS) is 12.1. The molecule has 1 atom stereocenters. The van der Waals surface area contributed by atoms with Crippen molar-refractivity contribution in [1.82, 2.24) is 10.3 Å². The van der Waals surface area contributed by atoms with Crippen LogP contribution in [0.3, 0.4) is 0 Å². The molecule has 0 aliphatic carbocycles. The van der Waals surface area contributed by atoms with Gasteiger partial charge in [0.2, 0.25) is 0 Å². The van der Waals surface area contributed by atoms with Gasteiger partial charge in [-0.3, -0.25) is 4.79 Å². The van der Waals surface area contributed by atoms with Gasteiger partial charge in [0.15, 0.2) is 0 Å². The number of aromatic nitrogens is 1. The second kappa shape index (κ2) is 5.32. The molecule has 2 aromatic rings. The van der Waals surface area contributed by atoms with E-state index in [2.05, 4.69) is 10.3 Å². The Kier molecular flexibility index (Phi) is 3.57. The molecule has 1 aromatic carbocycles. The Balaban J connectivity index is 1.89. The largest absolute Gasteiger partial charge is 0.357 e. The molecule has 4 nitrogen and oxygen atoms in total. The highest BCUT2D eigenvalue weighted by Crippen LogP contribution is 2.08. The Labute approximate surface area is 99.8 Å². The molecule has 0 saturated heterocycles. The monoisotopic (exact) mass is 229 g/mol. The van der Waals surface area contributed by atoms with Gasteiger partial charge in [0.1, 0.15) is 5.69 Å². The van der Waals surface area contributed by atoms with Crippen LogP contribution < -0.4 is 11.1 Å². The lowest BCUT2D eigenvalue weighted by Gasteiger charge is -2.12. The molecule has 4 heteroatoms. The van der Waals surface area contributed by atoms with Gasteiger partial charge in [0, 0.05) is 18.8 Å². The van der Waals surface area contributed by atoms with Crippen LogP contribution in [-0.2, 0) is 0 Å². The maximum Gasteiger partial charge on any atom is 0.267 e. The summed E-state index contributed by atoms with van der Waals surface area (Å²) in [4.78, 5) is 14.5. The third-order valence-corrected chi connectivity index (χ3v) is 2.55. The summed E-state index contributed by atoms with van der Waals surface area (Å²) in [5.41, 5.74) is 7.53. The molecule has 0 spiro atoms. The number of nitrogens with two attached hydrogens (primary N) is 1. The number of hydrogen-bond donors (Lipinski definition) is 3. The van der Waals surface area contributed by atoms with Crippen molar-refractivity contribution in [3.8, 4) is 0 Å². The van der Waals surface area contributed by atoms with Gasteiger partial charge in [-0.15, -0.1) is 0 Å². The highest BCUT2D eigenvalue weighted by atomic mass is 16.1. The van der Waals surface area contributed by atoms with Crippen LogP contribution >= 0.6 is 0 Å². The average Bonchev–Trinajstić information content (AvgIpc) is 2.90. The first-order valence-corrected chi connectivity index (χ1v) is 5.49. The van der Waals surface area contributed by atoms with E-state index in [1.54, 1.807) is 18.3 Å². The molecule has 2 rings (SSSR count). The summed E-state index contributed by atoms with van der Waals surface area (Å²) in [7, 11) is 0. The zero-order valence-corrected chi connectivity index (χ0v) is 9.39. The van der Waals surface area contributed by atoms with Crippen molar-refractivity contribution in [1.29, 1.82) is 0 Å². The maximum absolute atomic E-state index is 11.6. The third-order valence-electron chi connectivity index (χ3n) is 2.55. The quantitative estimate of drug-likeness (QED) is 0.742. The lowest BCUT2D eigenvalue weighted by atomic mass is 10.1. The Morgan fingerprint density at radius 2 is 2.00 bits per heavy atom. The summed E-state index contributed by atoms with van der Waals surface area (Å²) in [6.45, 7) is 0.419. The lowest BCUT2D eigenvalue weighted by molar-refractivity contribution is 0.0947. The molecule has 0 aliphatic rings. The van der Waals surface area contributed by atoms with E-state index in [4.69, 9.17) is 5.73 Å². The van der Waals surface area contributed by atoms with Crippen LogP contribution in [-0.4, -0.2) is 17.4 Å². The van der Waals surface area contributed by atoms with Gasteiger partial charge in [0.05, 0.1) is 0 Å². The smallest absolute Gasteiger partial charge is 0.267 e. The summed E-state index contributed by atoms with van der Waals surface area (Å²) in [5.74, 6) is -0.138. The van der Waals surface area contributed by atoms with Crippen LogP contribution in [0.5, 0.6) is 0 Å². The fourth-order valence-electron chi connectivity index (χ4n) is 1.59. The van der Waals surface area contributed by atoms with Crippen molar-refractivity contribution in [3.05, 3.63) is 59.9 Å². The van der Waals surface area contributed by atoms with E-state index in [0.717, 1.165) is 5.56 Å². The molecule has 0 fully saturated rings. The molecule has 1 unspecified atom stereocenters. The predicted molar refractivity (Wildman–Crippen MR) is 66.5 cm³/mol. The number of carbonyl (C=O) groups is 1. The minimum absolute atomic E-state index is 0.138. The van der Waals surface area contributed by atoms with E-state index in [1.165, 1.54) is 0 Å². The molecule has 1 heterocycles. The third kappa shape index (κ3) is 2.95. The van der Waals surface area contributed by atoms with Crippen LogP contribution in [0.4, 0.5) is 0 Å². The molecular formula is C13H15N3O. The lowest BCUT2D eigenvalue weighted by Crippen LogP contribution is -2.32. The fourth-order valence-corrected chi connectivity index (χ4v) is 1.59. The second-order valence-electron chi connectivity index (χ2n) is 3.81. The number of H-pyrrole nitrogens is 1. The van der Waals surface area contributed by atoms with Gasteiger partial charge < -0.3 is 16.0 Å². The van der Waals surface area contributed by atoms with Crippen molar-refractivity contribution in [2.24, 2.45) is 5.73 Å². The molecule has 0 bridgehead atoms. The van der Waals surface area contributed by atoms with Crippen molar-refractivity contribution in [2.45, 2.75) is 6.04 Å². The van der Waals surface area contributed by atoms with E-state index in [0.29, 0.717) is 12.2 Å². The topological polar surface area (TPSA) is 70.9 Å². The summed E-state index contributed by atoms with van der Waals surface area (Å²) in [6.07, 6.45) is 1.71. The molecule has 17 heavy (non-hydrogen) atoms. The van der Waals surface area contributed by atoms with Gasteiger partial charge in [-0.25, -0.2) is 0 Å². The van der Waals surface area contributed by atoms with Crippen LogP contribution in [0.2, 0.25) is 0 Å². The van der Waals surface area contributed by atoms with Gasteiger partial charge >= 0.3 is 0 Å². The molecule has 0 saturated carbocycles. The standard InChI is InChI=1S/C13H15N3O/c14-11(10-5-2-1-3-6-10)9-16-13(17)12-7-4-8-15-12/h1-8,11,15H,9,14H2,(H,16,17). The zero-order chi connectivity index (χ0) is 12.1. The predicted octanol–water partition coefficient (Wildman–Crippen LogP) is 1.44. The number of carbonyl (C=O) groups excluding carboxylic acids is 1. The summed E-state index contributed by atoms with van der Waals surface area (Å²) in [5, 5.41) is 2.79. The second-order valence-corrected chi connectivity index (χ2v) is 3.81. The van der Waals surface area contributed by atoms with Crippen molar-refractivity contribution in [2.75, 3.05) is 6.54 Å². The van der Waals surface area contributed by atoms with E-state index >= 15 is 0 Å². The van der Waals surface area contributed by atoms with E-state index in [9.17, 15) is 4.79 Å². The van der Waals surface area contributed by atoms with Crippen molar-refractivity contribution >= 4 is 5.91 Å². The average molecular weight is 229 g/mol. The van der Waals surface area contributed by atoms with Crippen LogP contribution in [0.25, 0.3) is 0 Å². The summed E-state index contributed by atoms with van der Waals surface area (Å²) in [6, 6.07) is 13.0. The highest BCUT2D eigenvalue weighted by Gasteiger charge is 2.09. The first kappa shape index (κ1) is 11.4. The number of benzene rings is 1. The molecule has 1 amide bonds. The minimum atomic E-state index is -0.185. The molecule has 1 aromatic heterocycles. The summed E-state index contributed by atoms with van der Waals surface area (Å²) < 4.78 is 0. The zero-order valence-electron chi connectivity index (χ0n) is 9.39. The maximum atomic E-state index is 11.6. The Morgan fingerprint density at radius 3 is 2.65 bits per heavy atom. The van der Waals surface area contributed by atoms with Crippen LogP contribution in [0.1, 0.15) is 22.1 Å². The molecule has 88 valence electrons. The number of rotatable bonds is 4. The molecular weight excluding hydrogens is 214 g/mol. The molecule has 0 radical (unpaired) electrons. The number of hydrogen-bond acceptors (Lipinski definition) is 2. The van der Waals surface area contributed by atoms with Crippen molar-refractivity contribution < 1.29 is 4.79 Å². The fraction of sp³-hybridized carbons (Fsp3) is 0.154. The van der Waals surface area contributed by atoms with E-state index in [1.807, 2.05) is 30.3 Å².